The van der Waals surface area contributed by atoms with E-state index in [4.69, 9.17) is 0 Å². The minimum atomic E-state index is -0.123. The molecule has 5 heteroatoms. The number of nitrogens with zero attached hydrogens (tertiary/aromatic N) is 2. The van der Waals surface area contributed by atoms with E-state index in [9.17, 15) is 9.59 Å². The topological polar surface area (TPSA) is 52.6 Å². The van der Waals surface area contributed by atoms with Crippen LogP contribution in [0.25, 0.3) is 0 Å². The molecule has 0 radical (unpaired) electrons. The summed E-state index contributed by atoms with van der Waals surface area (Å²) >= 11 is 0. The van der Waals surface area contributed by atoms with Gasteiger partial charge in [-0.05, 0) is 31.8 Å². The van der Waals surface area contributed by atoms with Crippen LogP contribution < -0.4 is 5.32 Å². The van der Waals surface area contributed by atoms with Crippen LogP contribution in [0.15, 0.2) is 0 Å². The Bertz CT molecular complexity index is 347. The van der Waals surface area contributed by atoms with Gasteiger partial charge in [-0.2, -0.15) is 0 Å². The Morgan fingerprint density at radius 3 is 2.45 bits per heavy atom. The molecule has 2 rings (SSSR count). The zero-order chi connectivity index (χ0) is 14.5. The molecule has 1 atom stereocenters. The van der Waals surface area contributed by atoms with Crippen molar-refractivity contribution in [2.24, 2.45) is 11.8 Å². The molecular weight excluding hydrogens is 254 g/mol. The van der Waals surface area contributed by atoms with Gasteiger partial charge in [-0.15, -0.1) is 0 Å². The van der Waals surface area contributed by atoms with Crippen LogP contribution in [0.3, 0.4) is 0 Å². The Kier molecular flexibility index (Phi) is 5.40. The van der Waals surface area contributed by atoms with Gasteiger partial charge < -0.3 is 15.1 Å². The van der Waals surface area contributed by atoms with Gasteiger partial charge in [0.25, 0.3) is 0 Å². The van der Waals surface area contributed by atoms with Crippen LogP contribution in [0, 0.1) is 11.8 Å². The van der Waals surface area contributed by atoms with Crippen molar-refractivity contribution >= 4 is 11.8 Å². The Labute approximate surface area is 121 Å². The largest absolute Gasteiger partial charge is 0.355 e. The summed E-state index contributed by atoms with van der Waals surface area (Å²) in [7, 11) is 0. The van der Waals surface area contributed by atoms with Gasteiger partial charge >= 0.3 is 0 Å². The van der Waals surface area contributed by atoms with Crippen LogP contribution in [-0.2, 0) is 9.59 Å². The first-order valence-electron chi connectivity index (χ1n) is 7.91. The molecule has 0 bridgehead atoms. The lowest BCUT2D eigenvalue weighted by molar-refractivity contribution is -0.137. The summed E-state index contributed by atoms with van der Waals surface area (Å²) in [4.78, 5) is 27.9. The molecule has 0 aromatic carbocycles. The number of hydrogen-bond donors (Lipinski definition) is 1. The van der Waals surface area contributed by atoms with Crippen molar-refractivity contribution in [1.82, 2.24) is 15.1 Å². The van der Waals surface area contributed by atoms with Gasteiger partial charge in [0.2, 0.25) is 11.8 Å². The second-order valence-corrected chi connectivity index (χ2v) is 5.96. The number of carbonyl (C=O) groups is 2. The minimum Gasteiger partial charge on any atom is -0.355 e. The van der Waals surface area contributed by atoms with Crippen LogP contribution in [0.5, 0.6) is 0 Å². The Morgan fingerprint density at radius 2 is 1.95 bits per heavy atom. The molecule has 2 heterocycles. The average Bonchev–Trinajstić information content (AvgIpc) is 2.91. The van der Waals surface area contributed by atoms with Crippen molar-refractivity contribution in [3.05, 3.63) is 0 Å². The number of rotatable bonds is 5. The van der Waals surface area contributed by atoms with Crippen LogP contribution >= 0.6 is 0 Å². The van der Waals surface area contributed by atoms with E-state index in [1.54, 1.807) is 0 Å². The average molecular weight is 281 g/mol. The highest BCUT2D eigenvalue weighted by atomic mass is 16.2. The third-order valence-corrected chi connectivity index (χ3v) is 4.66. The highest BCUT2D eigenvalue weighted by Crippen LogP contribution is 2.21. The number of carbonyl (C=O) groups excluding carboxylic acids is 2. The predicted octanol–water partition coefficient (Wildman–Crippen LogP) is 0.703. The number of nitrogens with one attached hydrogen (secondary N) is 1. The molecule has 0 aliphatic carbocycles. The maximum Gasteiger partial charge on any atom is 0.227 e. The van der Waals surface area contributed by atoms with Gasteiger partial charge in [-0.1, -0.05) is 13.8 Å². The molecule has 0 saturated carbocycles. The zero-order valence-electron chi connectivity index (χ0n) is 12.7. The van der Waals surface area contributed by atoms with Gasteiger partial charge in [-0.25, -0.2) is 0 Å². The van der Waals surface area contributed by atoms with Crippen molar-refractivity contribution < 1.29 is 9.59 Å². The summed E-state index contributed by atoms with van der Waals surface area (Å²) in [5, 5.41) is 2.75. The molecule has 114 valence electrons. The summed E-state index contributed by atoms with van der Waals surface area (Å²) in [6, 6.07) is 0. The molecule has 1 N–H and O–H groups in total. The maximum atomic E-state index is 12.3. The Hall–Kier alpha value is -1.10. The lowest BCUT2D eigenvalue weighted by atomic mass is 9.95. The number of piperidine rings is 1. The second-order valence-electron chi connectivity index (χ2n) is 5.96. The molecule has 0 aromatic heterocycles. The Balaban J connectivity index is 1.76. The van der Waals surface area contributed by atoms with Gasteiger partial charge in [0.15, 0.2) is 0 Å². The van der Waals surface area contributed by atoms with Gasteiger partial charge in [0.1, 0.15) is 0 Å². The predicted molar refractivity (Wildman–Crippen MR) is 78.2 cm³/mol. The highest BCUT2D eigenvalue weighted by molar-refractivity contribution is 5.89. The van der Waals surface area contributed by atoms with Crippen molar-refractivity contribution in [2.45, 2.75) is 33.1 Å². The maximum absolute atomic E-state index is 12.3. The van der Waals surface area contributed by atoms with Crippen molar-refractivity contribution in [2.75, 3.05) is 39.3 Å². The molecule has 5 nitrogen and oxygen atoms in total. The first kappa shape index (κ1) is 15.3. The van der Waals surface area contributed by atoms with Crippen molar-refractivity contribution in [3.63, 3.8) is 0 Å². The standard InChI is InChI=1S/C15H27N3O2/c1-3-17(4-2)11-12-5-7-18(8-6-12)15(20)13-9-14(19)16-10-13/h12-13H,3-11H2,1-2H3,(H,16,19). The monoisotopic (exact) mass is 281 g/mol. The first-order chi connectivity index (χ1) is 9.63. The lowest BCUT2D eigenvalue weighted by Crippen LogP contribution is -2.44. The summed E-state index contributed by atoms with van der Waals surface area (Å²) in [5.41, 5.74) is 0. The minimum absolute atomic E-state index is 0.0137. The number of amides is 2. The fourth-order valence-electron chi connectivity index (χ4n) is 3.22. The number of likely N-dealkylation sites (tertiary alicyclic amines) is 1. The molecule has 0 aromatic rings. The third kappa shape index (κ3) is 3.72. The molecule has 2 saturated heterocycles. The second kappa shape index (κ2) is 7.07. The molecule has 20 heavy (non-hydrogen) atoms. The third-order valence-electron chi connectivity index (χ3n) is 4.66. The normalized spacial score (nSPS) is 24.2. The summed E-state index contributed by atoms with van der Waals surface area (Å²) in [6.07, 6.45) is 2.56. The molecule has 2 aliphatic rings. The van der Waals surface area contributed by atoms with Crippen LogP contribution in [-0.4, -0.2) is 60.9 Å². The van der Waals surface area contributed by atoms with E-state index < -0.39 is 0 Å². The van der Waals surface area contributed by atoms with Crippen molar-refractivity contribution in [3.8, 4) is 0 Å². The quantitative estimate of drug-likeness (QED) is 0.807. The van der Waals surface area contributed by atoms with Crippen molar-refractivity contribution in [1.29, 1.82) is 0 Å². The molecule has 2 amide bonds. The fourth-order valence-corrected chi connectivity index (χ4v) is 3.22. The van der Waals surface area contributed by atoms with Gasteiger partial charge in [-0.3, -0.25) is 9.59 Å². The van der Waals surface area contributed by atoms with E-state index in [0.29, 0.717) is 18.9 Å². The van der Waals surface area contributed by atoms with Crippen LogP contribution in [0.4, 0.5) is 0 Å². The summed E-state index contributed by atoms with van der Waals surface area (Å²) in [6.45, 7) is 10.00. The van der Waals surface area contributed by atoms with E-state index in [1.165, 1.54) is 0 Å². The fraction of sp³-hybridized carbons (Fsp3) is 0.867. The van der Waals surface area contributed by atoms with Gasteiger partial charge in [0.05, 0.1) is 5.92 Å². The highest BCUT2D eigenvalue weighted by Gasteiger charge is 2.33. The molecular formula is C15H27N3O2. The lowest BCUT2D eigenvalue weighted by Gasteiger charge is -2.35. The van der Waals surface area contributed by atoms with Gasteiger partial charge in [0, 0.05) is 32.6 Å². The molecule has 2 fully saturated rings. The van der Waals surface area contributed by atoms with Crippen LogP contribution in [0.1, 0.15) is 33.1 Å². The first-order valence-corrected chi connectivity index (χ1v) is 7.91. The summed E-state index contributed by atoms with van der Waals surface area (Å²) in [5.74, 6) is 0.772. The number of hydrogen-bond acceptors (Lipinski definition) is 3. The smallest absolute Gasteiger partial charge is 0.227 e. The van der Waals surface area contributed by atoms with E-state index >= 15 is 0 Å². The molecule has 2 aliphatic heterocycles. The SMILES string of the molecule is CCN(CC)CC1CCN(C(=O)C2CNC(=O)C2)CC1. The van der Waals surface area contributed by atoms with E-state index in [2.05, 4.69) is 24.1 Å². The van der Waals surface area contributed by atoms with E-state index in [1.807, 2.05) is 4.90 Å². The Morgan fingerprint density at radius 1 is 1.30 bits per heavy atom. The summed E-state index contributed by atoms with van der Waals surface area (Å²) < 4.78 is 0. The van der Waals surface area contributed by atoms with E-state index in [-0.39, 0.29) is 17.7 Å². The molecule has 1 unspecified atom stereocenters. The van der Waals surface area contributed by atoms with Crippen LogP contribution in [0.2, 0.25) is 0 Å². The molecule has 0 spiro atoms. The van der Waals surface area contributed by atoms with E-state index in [0.717, 1.165) is 45.6 Å². The zero-order valence-corrected chi connectivity index (χ0v) is 12.7.